The summed E-state index contributed by atoms with van der Waals surface area (Å²) in [5.41, 5.74) is 1.87. The molecular weight excluding hydrogens is 196 g/mol. The average Bonchev–Trinajstić information content (AvgIpc) is 2.35. The first-order valence-corrected chi connectivity index (χ1v) is 5.12. The molecule has 2 heteroatoms. The molecule has 2 aromatic rings. The zero-order valence-electron chi connectivity index (χ0n) is 9.07. The number of fused-ring (bicyclic) bond motifs is 1. The molecule has 0 atom stereocenters. The lowest BCUT2D eigenvalue weighted by Crippen LogP contribution is -2.04. The lowest BCUT2D eigenvalue weighted by atomic mass is 10.0. The van der Waals surface area contributed by atoms with Crippen LogP contribution in [0.5, 0.6) is 0 Å². The summed E-state index contributed by atoms with van der Waals surface area (Å²) in [7, 11) is 1.82. The van der Waals surface area contributed by atoms with Crippen LogP contribution < -0.4 is 5.32 Å². The van der Waals surface area contributed by atoms with Gasteiger partial charge in [0, 0.05) is 13.1 Å². The van der Waals surface area contributed by atoms with Crippen molar-refractivity contribution < 1.29 is 0 Å². The Kier molecular flexibility index (Phi) is 2.88. The molecular formula is C14H12N2. The van der Waals surface area contributed by atoms with Crippen molar-refractivity contribution in [2.24, 2.45) is 0 Å². The van der Waals surface area contributed by atoms with Gasteiger partial charge in [0.2, 0.25) is 0 Å². The van der Waals surface area contributed by atoms with Crippen LogP contribution in [0, 0.1) is 11.3 Å². The summed E-state index contributed by atoms with van der Waals surface area (Å²) in [5.74, 6) is 0. The van der Waals surface area contributed by atoms with Gasteiger partial charge in [-0.1, -0.05) is 36.4 Å². The number of nitriles is 1. The second kappa shape index (κ2) is 4.50. The van der Waals surface area contributed by atoms with E-state index in [4.69, 9.17) is 5.26 Å². The van der Waals surface area contributed by atoms with Gasteiger partial charge in [0.1, 0.15) is 0 Å². The van der Waals surface area contributed by atoms with Crippen LogP contribution in [0.15, 0.2) is 48.5 Å². The van der Waals surface area contributed by atoms with Crippen molar-refractivity contribution in [3.8, 4) is 6.07 Å². The average molecular weight is 208 g/mol. The molecule has 2 rings (SSSR count). The molecule has 0 saturated heterocycles. The van der Waals surface area contributed by atoms with Crippen LogP contribution in [0.2, 0.25) is 0 Å². The molecule has 0 spiro atoms. The third kappa shape index (κ3) is 1.89. The minimum absolute atomic E-state index is 0.841. The monoisotopic (exact) mass is 208 g/mol. The topological polar surface area (TPSA) is 35.8 Å². The highest BCUT2D eigenvalue weighted by atomic mass is 14.8. The molecule has 0 aliphatic rings. The molecule has 0 amide bonds. The van der Waals surface area contributed by atoms with Crippen molar-refractivity contribution in [1.82, 2.24) is 5.32 Å². The van der Waals surface area contributed by atoms with Gasteiger partial charge < -0.3 is 5.32 Å². The fourth-order valence-corrected chi connectivity index (χ4v) is 1.72. The Bertz CT molecular complexity index is 577. The minimum Gasteiger partial charge on any atom is -0.387 e. The highest BCUT2D eigenvalue weighted by molar-refractivity contribution is 5.86. The van der Waals surface area contributed by atoms with Crippen LogP contribution >= 0.6 is 0 Å². The van der Waals surface area contributed by atoms with Gasteiger partial charge in [-0.15, -0.1) is 0 Å². The molecule has 2 nitrogen and oxygen atoms in total. The summed E-state index contributed by atoms with van der Waals surface area (Å²) in [6.07, 6.45) is 1.52. The van der Waals surface area contributed by atoms with Crippen LogP contribution in [0.1, 0.15) is 5.56 Å². The smallest absolute Gasteiger partial charge is 0.0933 e. The lowest BCUT2D eigenvalue weighted by molar-refractivity contribution is 1.13. The third-order valence-electron chi connectivity index (χ3n) is 2.54. The van der Waals surface area contributed by atoms with E-state index >= 15 is 0 Å². The first-order chi connectivity index (χ1) is 7.85. The van der Waals surface area contributed by atoms with Crippen LogP contribution in [-0.4, -0.2) is 7.05 Å². The van der Waals surface area contributed by atoms with Crippen LogP contribution in [0.3, 0.4) is 0 Å². The maximum atomic E-state index is 8.68. The van der Waals surface area contributed by atoms with Gasteiger partial charge in [0.25, 0.3) is 0 Å². The van der Waals surface area contributed by atoms with E-state index in [1.165, 1.54) is 16.8 Å². The molecule has 0 heterocycles. The Morgan fingerprint density at radius 3 is 2.62 bits per heavy atom. The van der Waals surface area contributed by atoms with Gasteiger partial charge in [-0.3, -0.25) is 0 Å². The predicted molar refractivity (Wildman–Crippen MR) is 66.6 cm³/mol. The first kappa shape index (κ1) is 10.3. The van der Waals surface area contributed by atoms with E-state index in [9.17, 15) is 0 Å². The molecule has 0 aliphatic heterocycles. The van der Waals surface area contributed by atoms with Gasteiger partial charge in [-0.05, 0) is 22.4 Å². The van der Waals surface area contributed by atoms with Crippen LogP contribution in [-0.2, 0) is 0 Å². The van der Waals surface area contributed by atoms with E-state index in [0.29, 0.717) is 0 Å². The number of nitrogens with zero attached hydrogens (tertiary/aromatic N) is 1. The highest BCUT2D eigenvalue weighted by Gasteiger charge is 2.00. The second-order valence-electron chi connectivity index (χ2n) is 3.50. The summed E-state index contributed by atoms with van der Waals surface area (Å²) in [4.78, 5) is 0. The minimum atomic E-state index is 0.841. The van der Waals surface area contributed by atoms with Crippen molar-refractivity contribution in [2.45, 2.75) is 0 Å². The molecule has 16 heavy (non-hydrogen) atoms. The summed E-state index contributed by atoms with van der Waals surface area (Å²) < 4.78 is 0. The van der Waals surface area contributed by atoms with E-state index in [2.05, 4.69) is 29.6 Å². The van der Waals surface area contributed by atoms with E-state index in [1.54, 1.807) is 0 Å². The Hall–Kier alpha value is -2.27. The van der Waals surface area contributed by atoms with E-state index in [-0.39, 0.29) is 0 Å². The van der Waals surface area contributed by atoms with E-state index in [1.807, 2.05) is 31.3 Å². The van der Waals surface area contributed by atoms with Crippen LogP contribution in [0.4, 0.5) is 0 Å². The van der Waals surface area contributed by atoms with Crippen LogP contribution in [0.25, 0.3) is 16.5 Å². The standard InChI is InChI=1S/C14H12N2/c1-16-14(8-9-15)13-7-6-11-4-2-3-5-12(11)10-13/h2-8,10,16H,1H3. The largest absolute Gasteiger partial charge is 0.387 e. The SMILES string of the molecule is CNC(=CC#N)c1ccc2ccccc2c1. The Balaban J connectivity index is 2.55. The third-order valence-corrected chi connectivity index (χ3v) is 2.54. The molecule has 1 N–H and O–H groups in total. The van der Waals surface area contributed by atoms with Crippen molar-refractivity contribution in [3.05, 3.63) is 54.1 Å². The molecule has 0 saturated carbocycles. The van der Waals surface area contributed by atoms with Crippen molar-refractivity contribution >= 4 is 16.5 Å². The Morgan fingerprint density at radius 2 is 1.94 bits per heavy atom. The molecule has 0 aromatic heterocycles. The number of hydrogen-bond donors (Lipinski definition) is 1. The van der Waals surface area contributed by atoms with E-state index < -0.39 is 0 Å². The van der Waals surface area contributed by atoms with Crippen molar-refractivity contribution in [2.75, 3.05) is 7.05 Å². The van der Waals surface area contributed by atoms with Gasteiger partial charge in [-0.25, -0.2) is 0 Å². The predicted octanol–water partition coefficient (Wildman–Crippen LogP) is 2.92. The first-order valence-electron chi connectivity index (χ1n) is 5.12. The molecule has 78 valence electrons. The summed E-state index contributed by atoms with van der Waals surface area (Å²) in [6, 6.07) is 16.4. The number of rotatable bonds is 2. The molecule has 0 radical (unpaired) electrons. The molecule has 0 unspecified atom stereocenters. The lowest BCUT2D eigenvalue weighted by Gasteiger charge is -2.06. The van der Waals surface area contributed by atoms with Crippen molar-refractivity contribution in [3.63, 3.8) is 0 Å². The maximum absolute atomic E-state index is 8.68. The Morgan fingerprint density at radius 1 is 1.19 bits per heavy atom. The fourth-order valence-electron chi connectivity index (χ4n) is 1.72. The molecule has 2 aromatic carbocycles. The number of allylic oxidation sites excluding steroid dienone is 1. The second-order valence-corrected chi connectivity index (χ2v) is 3.50. The molecule has 0 bridgehead atoms. The van der Waals surface area contributed by atoms with E-state index in [0.717, 1.165) is 11.3 Å². The Labute approximate surface area is 94.8 Å². The number of hydrogen-bond acceptors (Lipinski definition) is 2. The summed E-state index contributed by atoms with van der Waals surface area (Å²) in [5, 5.41) is 14.1. The quantitative estimate of drug-likeness (QED) is 0.770. The molecule has 0 fully saturated rings. The van der Waals surface area contributed by atoms with Gasteiger partial charge in [-0.2, -0.15) is 5.26 Å². The fraction of sp³-hybridized carbons (Fsp3) is 0.0714. The van der Waals surface area contributed by atoms with Crippen molar-refractivity contribution in [1.29, 1.82) is 5.26 Å². The summed E-state index contributed by atoms with van der Waals surface area (Å²) >= 11 is 0. The molecule has 0 aliphatic carbocycles. The number of nitrogens with one attached hydrogen (secondary N) is 1. The normalized spacial score (nSPS) is 11.1. The van der Waals surface area contributed by atoms with Gasteiger partial charge in [0.05, 0.1) is 11.8 Å². The number of benzene rings is 2. The zero-order valence-corrected chi connectivity index (χ0v) is 9.07. The highest BCUT2D eigenvalue weighted by Crippen LogP contribution is 2.19. The van der Waals surface area contributed by atoms with Gasteiger partial charge in [0.15, 0.2) is 0 Å². The summed E-state index contributed by atoms with van der Waals surface area (Å²) in [6.45, 7) is 0. The zero-order chi connectivity index (χ0) is 11.4. The van der Waals surface area contributed by atoms with Gasteiger partial charge >= 0.3 is 0 Å². The maximum Gasteiger partial charge on any atom is 0.0933 e.